The van der Waals surface area contributed by atoms with Gasteiger partial charge < -0.3 is 15.3 Å². The molecule has 0 aromatic carbocycles. The monoisotopic (exact) mass is 322 g/mol. The van der Waals surface area contributed by atoms with Gasteiger partial charge in [0.25, 0.3) is 0 Å². The molecule has 3 heteroatoms. The van der Waals surface area contributed by atoms with E-state index in [4.69, 9.17) is 0 Å². The molecule has 0 heterocycles. The Morgan fingerprint density at radius 2 is 1.22 bits per heavy atom. The zero-order valence-corrected chi connectivity index (χ0v) is 14.6. The minimum absolute atomic E-state index is 0.366. The number of unbranched alkanes of at least 4 members (excludes halogenated alkanes) is 3. The molecule has 3 nitrogen and oxygen atoms in total. The first-order chi connectivity index (χ1) is 11.1. The molecule has 0 aromatic heterocycles. The normalized spacial score (nSPS) is 16.9. The molecule has 0 rings (SSSR count). The van der Waals surface area contributed by atoms with Gasteiger partial charge >= 0.3 is 0 Å². The maximum absolute atomic E-state index is 9.71. The van der Waals surface area contributed by atoms with Gasteiger partial charge in [-0.1, -0.05) is 94.6 Å². The Hall–Kier alpha value is -1.16. The van der Waals surface area contributed by atoms with Crippen LogP contribution < -0.4 is 0 Å². The van der Waals surface area contributed by atoms with Crippen molar-refractivity contribution in [2.75, 3.05) is 0 Å². The Morgan fingerprint density at radius 3 is 1.83 bits per heavy atom. The molecule has 0 aliphatic rings. The van der Waals surface area contributed by atoms with Crippen molar-refractivity contribution in [3.05, 3.63) is 48.6 Å². The minimum atomic E-state index is -0.812. The number of hydrogen-bond donors (Lipinski definition) is 3. The van der Waals surface area contributed by atoms with Gasteiger partial charge in [-0.15, -0.1) is 0 Å². The molecule has 0 fully saturated rings. The molecule has 0 aromatic rings. The molecular weight excluding hydrogens is 288 g/mol. The molecule has 3 atom stereocenters. The number of rotatable bonds is 13. The van der Waals surface area contributed by atoms with Gasteiger partial charge in [0.1, 0.15) is 0 Å². The zero-order chi connectivity index (χ0) is 17.3. The molecule has 23 heavy (non-hydrogen) atoms. The van der Waals surface area contributed by atoms with Crippen LogP contribution in [0.2, 0.25) is 0 Å². The Bertz CT molecular complexity index is 369. The summed E-state index contributed by atoms with van der Waals surface area (Å²) in [5.74, 6) is 0. The van der Waals surface area contributed by atoms with Crippen molar-refractivity contribution in [3.8, 4) is 0 Å². The van der Waals surface area contributed by atoms with E-state index in [1.807, 2.05) is 24.3 Å². The summed E-state index contributed by atoms with van der Waals surface area (Å²) in [4.78, 5) is 0. The van der Waals surface area contributed by atoms with Crippen molar-refractivity contribution in [1.29, 1.82) is 0 Å². The molecule has 0 saturated carbocycles. The first kappa shape index (κ1) is 21.8. The fraction of sp³-hybridized carbons (Fsp3) is 0.600. The molecule has 0 saturated heterocycles. The topological polar surface area (TPSA) is 60.7 Å². The van der Waals surface area contributed by atoms with E-state index in [9.17, 15) is 15.3 Å². The maximum atomic E-state index is 9.71. The molecule has 0 radical (unpaired) electrons. The summed E-state index contributed by atoms with van der Waals surface area (Å²) in [5, 5.41) is 29.1. The van der Waals surface area contributed by atoms with Crippen molar-refractivity contribution in [3.63, 3.8) is 0 Å². The average molecular weight is 322 g/mol. The first-order valence-corrected chi connectivity index (χ1v) is 8.84. The summed E-state index contributed by atoms with van der Waals surface area (Å²) in [7, 11) is 0. The molecule has 0 spiro atoms. The Morgan fingerprint density at radius 1 is 0.652 bits per heavy atom. The minimum Gasteiger partial charge on any atom is -0.390 e. The summed E-state index contributed by atoms with van der Waals surface area (Å²) in [6.45, 7) is 4.21. The lowest BCUT2D eigenvalue weighted by atomic mass is 10.1. The van der Waals surface area contributed by atoms with Crippen LogP contribution in [0.25, 0.3) is 0 Å². The largest absolute Gasteiger partial charge is 0.390 e. The van der Waals surface area contributed by atoms with Gasteiger partial charge in [-0.05, 0) is 12.8 Å². The second-order valence-corrected chi connectivity index (χ2v) is 5.80. The molecule has 0 bridgehead atoms. The van der Waals surface area contributed by atoms with E-state index in [2.05, 4.69) is 13.8 Å². The van der Waals surface area contributed by atoms with Crippen LogP contribution in [0.4, 0.5) is 0 Å². The second kappa shape index (κ2) is 15.7. The third-order valence-corrected chi connectivity index (χ3v) is 3.55. The summed E-state index contributed by atoms with van der Waals surface area (Å²) in [6, 6.07) is 0. The number of hydrogen-bond acceptors (Lipinski definition) is 3. The number of aliphatic hydroxyl groups is 3. The number of allylic oxidation sites excluding steroid dienone is 6. The molecule has 3 N–H and O–H groups in total. The van der Waals surface area contributed by atoms with Crippen LogP contribution in [0, 0.1) is 0 Å². The van der Waals surface area contributed by atoms with E-state index in [1.54, 1.807) is 24.3 Å². The van der Waals surface area contributed by atoms with Crippen molar-refractivity contribution in [1.82, 2.24) is 0 Å². The summed E-state index contributed by atoms with van der Waals surface area (Å²) < 4.78 is 0. The highest BCUT2D eigenvalue weighted by molar-refractivity contribution is 5.16. The molecule has 0 amide bonds. The third-order valence-electron chi connectivity index (χ3n) is 3.55. The van der Waals surface area contributed by atoms with Crippen molar-refractivity contribution < 1.29 is 15.3 Å². The van der Waals surface area contributed by atoms with E-state index < -0.39 is 12.2 Å². The molecule has 0 aliphatic heterocycles. The van der Waals surface area contributed by atoms with Crippen molar-refractivity contribution in [2.24, 2.45) is 0 Å². The second-order valence-electron chi connectivity index (χ2n) is 5.80. The predicted octanol–water partition coefficient (Wildman–Crippen LogP) is 4.06. The highest BCUT2D eigenvalue weighted by Gasteiger charge is 2.11. The smallest absolute Gasteiger partial charge is 0.0982 e. The van der Waals surface area contributed by atoms with E-state index in [-0.39, 0.29) is 6.10 Å². The lowest BCUT2D eigenvalue weighted by Gasteiger charge is -2.13. The van der Waals surface area contributed by atoms with Gasteiger partial charge in [-0.25, -0.2) is 0 Å². The summed E-state index contributed by atoms with van der Waals surface area (Å²) >= 11 is 0. The Kier molecular flexibility index (Phi) is 14.9. The lowest BCUT2D eigenvalue weighted by molar-refractivity contribution is 0.0418. The summed E-state index contributed by atoms with van der Waals surface area (Å²) in [5.41, 5.74) is 0. The summed E-state index contributed by atoms with van der Waals surface area (Å²) in [6.07, 6.45) is 19.2. The van der Waals surface area contributed by atoms with E-state index >= 15 is 0 Å². The lowest BCUT2D eigenvalue weighted by Crippen LogP contribution is -2.23. The van der Waals surface area contributed by atoms with E-state index in [0.717, 1.165) is 32.1 Å². The van der Waals surface area contributed by atoms with Gasteiger partial charge in [0.15, 0.2) is 0 Å². The quantitative estimate of drug-likeness (QED) is 0.354. The maximum Gasteiger partial charge on any atom is 0.0982 e. The van der Waals surface area contributed by atoms with Crippen LogP contribution in [0.1, 0.15) is 58.8 Å². The van der Waals surface area contributed by atoms with Crippen LogP contribution in [-0.4, -0.2) is 33.6 Å². The molecule has 0 unspecified atom stereocenters. The highest BCUT2D eigenvalue weighted by atomic mass is 16.3. The van der Waals surface area contributed by atoms with Crippen molar-refractivity contribution >= 4 is 0 Å². The van der Waals surface area contributed by atoms with Gasteiger partial charge in [0.05, 0.1) is 18.3 Å². The third kappa shape index (κ3) is 14.2. The Labute approximate surface area is 141 Å². The van der Waals surface area contributed by atoms with E-state index in [0.29, 0.717) is 6.42 Å². The SMILES string of the molecule is CCCCC[C@H](O)/C=C/C=C\C=C\C=C\[C@@H](O)[C@@H](O)CCCC. The zero-order valence-electron chi connectivity index (χ0n) is 14.6. The average Bonchev–Trinajstić information content (AvgIpc) is 2.54. The van der Waals surface area contributed by atoms with Gasteiger partial charge in [0, 0.05) is 0 Å². The van der Waals surface area contributed by atoms with Crippen LogP contribution in [0.15, 0.2) is 48.6 Å². The fourth-order valence-corrected chi connectivity index (χ4v) is 2.04. The fourth-order valence-electron chi connectivity index (χ4n) is 2.04. The number of aliphatic hydroxyl groups excluding tert-OH is 3. The molecule has 0 aliphatic carbocycles. The van der Waals surface area contributed by atoms with Gasteiger partial charge in [-0.2, -0.15) is 0 Å². The van der Waals surface area contributed by atoms with Gasteiger partial charge in [0.2, 0.25) is 0 Å². The predicted molar refractivity (Wildman–Crippen MR) is 98.2 cm³/mol. The van der Waals surface area contributed by atoms with Crippen LogP contribution in [-0.2, 0) is 0 Å². The van der Waals surface area contributed by atoms with Crippen LogP contribution >= 0.6 is 0 Å². The van der Waals surface area contributed by atoms with Crippen molar-refractivity contribution in [2.45, 2.75) is 77.1 Å². The molecular formula is C20H34O3. The Balaban J connectivity index is 3.93. The first-order valence-electron chi connectivity index (χ1n) is 8.84. The molecule has 132 valence electrons. The van der Waals surface area contributed by atoms with E-state index in [1.165, 1.54) is 6.42 Å². The standard InChI is InChI=1S/C20H34O3/c1-3-5-11-14-18(21)15-12-9-7-8-10-13-17-20(23)19(22)16-6-4-2/h7-10,12-13,15,17-23H,3-6,11,14,16H2,1-2H3/b9-7-,10-8+,15-12+,17-13+/t18-,19-,20+/m0/s1. The highest BCUT2D eigenvalue weighted by Crippen LogP contribution is 2.06. The van der Waals surface area contributed by atoms with Crippen LogP contribution in [0.3, 0.4) is 0 Å². The van der Waals surface area contributed by atoms with Crippen LogP contribution in [0.5, 0.6) is 0 Å². The van der Waals surface area contributed by atoms with Gasteiger partial charge in [-0.3, -0.25) is 0 Å².